The molecule has 0 amide bonds. The molecule has 0 saturated carbocycles. The van der Waals surface area contributed by atoms with Crippen LogP contribution in [0.25, 0.3) is 0 Å². The predicted octanol–water partition coefficient (Wildman–Crippen LogP) is 3.34. The Morgan fingerprint density at radius 1 is 1.18 bits per heavy atom. The Morgan fingerprint density at radius 3 is 2.41 bits per heavy atom. The first-order chi connectivity index (χ1) is 10.4. The first kappa shape index (κ1) is 15.9. The van der Waals surface area contributed by atoms with Crippen molar-refractivity contribution in [2.24, 2.45) is 5.92 Å². The normalized spacial score (nSPS) is 14.2. The van der Waals surface area contributed by atoms with E-state index in [2.05, 4.69) is 15.3 Å². The van der Waals surface area contributed by atoms with Gasteiger partial charge in [0.25, 0.3) is 0 Å². The molecular weight excluding hydrogens is 295 g/mol. The van der Waals surface area contributed by atoms with Crippen molar-refractivity contribution in [2.45, 2.75) is 19.1 Å². The molecule has 0 bridgehead atoms. The van der Waals surface area contributed by atoms with E-state index in [0.29, 0.717) is 0 Å². The minimum absolute atomic E-state index is 0.0301. The molecule has 0 spiro atoms. The molecule has 0 aliphatic heterocycles. The van der Waals surface area contributed by atoms with Crippen LogP contribution in [0.4, 0.5) is 19.0 Å². The van der Waals surface area contributed by atoms with Crippen LogP contribution in [0.3, 0.4) is 0 Å². The molecule has 1 aromatic heterocycles. The number of carbonyl (C=O) groups excluding carboxylic acids is 1. The third kappa shape index (κ3) is 3.81. The summed E-state index contributed by atoms with van der Waals surface area (Å²) in [6, 6.07) is 5.86. The topological polar surface area (TPSA) is 54.9 Å². The Balaban J connectivity index is 2.24. The number of nitrogens with zero attached hydrogens (tertiary/aromatic N) is 2. The third-order valence-corrected chi connectivity index (χ3v) is 3.19. The highest BCUT2D eigenvalue weighted by Gasteiger charge is 2.45. The van der Waals surface area contributed by atoms with Gasteiger partial charge in [-0.1, -0.05) is 37.3 Å². The van der Waals surface area contributed by atoms with E-state index in [9.17, 15) is 18.0 Å². The quantitative estimate of drug-likeness (QED) is 0.861. The Bertz CT molecular complexity index is 617. The second kappa shape index (κ2) is 6.55. The maximum Gasteiger partial charge on any atom is 0.409 e. The van der Waals surface area contributed by atoms with Crippen LogP contribution in [-0.4, -0.2) is 28.0 Å². The molecule has 2 unspecified atom stereocenters. The standard InChI is InChI=1S/C15H14F3N3O/c1-10(13(22)11-5-3-2-4-6-11)14(15(16,17)18)21-12-9-19-7-8-20-12/h2-10,14H,1H3,(H,20,21). The van der Waals surface area contributed by atoms with Crippen molar-refractivity contribution in [3.63, 3.8) is 0 Å². The number of hydrogen-bond acceptors (Lipinski definition) is 4. The van der Waals surface area contributed by atoms with Crippen molar-refractivity contribution in [1.29, 1.82) is 0 Å². The zero-order valence-corrected chi connectivity index (χ0v) is 11.7. The number of benzene rings is 1. The van der Waals surface area contributed by atoms with Gasteiger partial charge >= 0.3 is 6.18 Å². The summed E-state index contributed by atoms with van der Waals surface area (Å²) >= 11 is 0. The first-order valence-electron chi connectivity index (χ1n) is 6.58. The maximum atomic E-state index is 13.3. The molecule has 2 atom stereocenters. The van der Waals surface area contributed by atoms with Crippen molar-refractivity contribution in [3.05, 3.63) is 54.5 Å². The van der Waals surface area contributed by atoms with Gasteiger partial charge in [-0.2, -0.15) is 13.2 Å². The molecule has 116 valence electrons. The molecule has 1 N–H and O–H groups in total. The molecule has 1 aromatic carbocycles. The lowest BCUT2D eigenvalue weighted by Crippen LogP contribution is -2.44. The summed E-state index contributed by atoms with van der Waals surface area (Å²) in [6.45, 7) is 1.25. The van der Waals surface area contributed by atoms with Crippen LogP contribution in [0.15, 0.2) is 48.9 Å². The summed E-state index contributed by atoms with van der Waals surface area (Å²) in [5.41, 5.74) is 0.241. The molecule has 0 aliphatic rings. The van der Waals surface area contributed by atoms with Gasteiger partial charge in [-0.05, 0) is 0 Å². The number of halogens is 3. The molecule has 22 heavy (non-hydrogen) atoms. The molecule has 1 heterocycles. The Morgan fingerprint density at radius 2 is 1.86 bits per heavy atom. The minimum Gasteiger partial charge on any atom is -0.357 e. The van der Waals surface area contributed by atoms with E-state index in [1.165, 1.54) is 37.6 Å². The van der Waals surface area contributed by atoms with Gasteiger partial charge in [-0.15, -0.1) is 0 Å². The van der Waals surface area contributed by atoms with Crippen LogP contribution in [0, 0.1) is 5.92 Å². The lowest BCUT2D eigenvalue weighted by molar-refractivity contribution is -0.149. The van der Waals surface area contributed by atoms with E-state index in [4.69, 9.17) is 0 Å². The minimum atomic E-state index is -4.60. The second-order valence-corrected chi connectivity index (χ2v) is 4.77. The highest BCUT2D eigenvalue weighted by Crippen LogP contribution is 2.30. The molecule has 0 radical (unpaired) electrons. The maximum absolute atomic E-state index is 13.3. The molecule has 2 aromatic rings. The summed E-state index contributed by atoms with van der Waals surface area (Å²) in [6.07, 6.45) is -0.786. The molecule has 0 saturated heterocycles. The average Bonchev–Trinajstić information content (AvgIpc) is 2.52. The molecule has 2 rings (SSSR count). The lowest BCUT2D eigenvalue weighted by Gasteiger charge is -2.26. The van der Waals surface area contributed by atoms with Gasteiger partial charge in [0.05, 0.1) is 6.20 Å². The fourth-order valence-corrected chi connectivity index (χ4v) is 2.04. The van der Waals surface area contributed by atoms with Gasteiger partial charge < -0.3 is 5.32 Å². The summed E-state index contributed by atoms with van der Waals surface area (Å²) in [5, 5.41) is 2.25. The number of nitrogens with one attached hydrogen (secondary N) is 1. The van der Waals surface area contributed by atoms with Crippen LogP contribution in [0.2, 0.25) is 0 Å². The van der Waals surface area contributed by atoms with Gasteiger partial charge in [-0.3, -0.25) is 9.78 Å². The summed E-state index contributed by atoms with van der Waals surface area (Å²) in [5.74, 6) is -1.92. The van der Waals surface area contributed by atoms with Crippen molar-refractivity contribution >= 4 is 11.6 Å². The Labute approximate surface area is 125 Å². The molecule has 4 nitrogen and oxygen atoms in total. The number of carbonyl (C=O) groups is 1. The van der Waals surface area contributed by atoms with Crippen LogP contribution >= 0.6 is 0 Å². The number of hydrogen-bond donors (Lipinski definition) is 1. The largest absolute Gasteiger partial charge is 0.409 e. The van der Waals surface area contributed by atoms with E-state index in [1.807, 2.05) is 0 Å². The van der Waals surface area contributed by atoms with Gasteiger partial charge in [0, 0.05) is 23.9 Å². The summed E-state index contributed by atoms with van der Waals surface area (Å²) in [4.78, 5) is 19.7. The number of anilines is 1. The van der Waals surface area contributed by atoms with E-state index in [1.54, 1.807) is 18.2 Å². The fourth-order valence-electron chi connectivity index (χ4n) is 2.04. The van der Waals surface area contributed by atoms with Crippen LogP contribution < -0.4 is 5.32 Å². The smallest absolute Gasteiger partial charge is 0.357 e. The molecule has 0 fully saturated rings. The van der Waals surface area contributed by atoms with E-state index < -0.39 is 23.9 Å². The monoisotopic (exact) mass is 309 g/mol. The van der Waals surface area contributed by atoms with Crippen molar-refractivity contribution in [1.82, 2.24) is 9.97 Å². The average molecular weight is 309 g/mol. The number of ketones is 1. The zero-order chi connectivity index (χ0) is 16.2. The summed E-state index contributed by atoms with van der Waals surface area (Å²) in [7, 11) is 0. The van der Waals surface area contributed by atoms with Crippen LogP contribution in [0.5, 0.6) is 0 Å². The highest BCUT2D eigenvalue weighted by atomic mass is 19.4. The Hall–Kier alpha value is -2.44. The zero-order valence-electron chi connectivity index (χ0n) is 11.7. The van der Waals surface area contributed by atoms with Gasteiger partial charge in [0.2, 0.25) is 0 Å². The molecule has 7 heteroatoms. The van der Waals surface area contributed by atoms with Crippen molar-refractivity contribution in [3.8, 4) is 0 Å². The van der Waals surface area contributed by atoms with Crippen molar-refractivity contribution < 1.29 is 18.0 Å². The lowest BCUT2D eigenvalue weighted by atomic mass is 9.92. The summed E-state index contributed by atoms with van der Waals surface area (Å²) < 4.78 is 39.8. The van der Waals surface area contributed by atoms with E-state index in [0.717, 1.165) is 0 Å². The fraction of sp³-hybridized carbons (Fsp3) is 0.267. The Kier molecular flexibility index (Phi) is 4.75. The number of aromatic nitrogens is 2. The second-order valence-electron chi connectivity index (χ2n) is 4.77. The van der Waals surface area contributed by atoms with Gasteiger partial charge in [-0.25, -0.2) is 4.98 Å². The number of alkyl halides is 3. The van der Waals surface area contributed by atoms with Gasteiger partial charge in [0.15, 0.2) is 5.78 Å². The van der Waals surface area contributed by atoms with Crippen molar-refractivity contribution in [2.75, 3.05) is 5.32 Å². The number of Topliss-reactive ketones (excluding diaryl/α,β-unsaturated/α-hetero) is 1. The van der Waals surface area contributed by atoms with Gasteiger partial charge in [0.1, 0.15) is 11.9 Å². The predicted molar refractivity (Wildman–Crippen MR) is 75.4 cm³/mol. The first-order valence-corrected chi connectivity index (χ1v) is 6.58. The molecular formula is C15H14F3N3O. The highest BCUT2D eigenvalue weighted by molar-refractivity contribution is 5.98. The van der Waals surface area contributed by atoms with E-state index >= 15 is 0 Å². The van der Waals surface area contributed by atoms with Crippen LogP contribution in [0.1, 0.15) is 17.3 Å². The molecule has 0 aliphatic carbocycles. The third-order valence-electron chi connectivity index (χ3n) is 3.19. The number of rotatable bonds is 5. The SMILES string of the molecule is CC(C(=O)c1ccccc1)C(Nc1cnccn1)C(F)(F)F. The van der Waals surface area contributed by atoms with E-state index in [-0.39, 0.29) is 11.4 Å². The van der Waals surface area contributed by atoms with Crippen LogP contribution in [-0.2, 0) is 0 Å².